The third-order valence-electron chi connectivity index (χ3n) is 6.92. The van der Waals surface area contributed by atoms with E-state index in [-0.39, 0.29) is 29.9 Å². The highest BCUT2D eigenvalue weighted by atomic mass is 32.2. The van der Waals surface area contributed by atoms with Crippen molar-refractivity contribution in [1.29, 1.82) is 0 Å². The highest BCUT2D eigenvalue weighted by molar-refractivity contribution is 7.99. The Hall–Kier alpha value is -2.97. The third kappa shape index (κ3) is 6.61. The van der Waals surface area contributed by atoms with Gasteiger partial charge in [0.2, 0.25) is 0 Å². The molecule has 0 spiro atoms. The molecule has 2 aliphatic rings. The van der Waals surface area contributed by atoms with Crippen LogP contribution in [0.25, 0.3) is 0 Å². The number of rotatable bonds is 9. The van der Waals surface area contributed by atoms with Crippen LogP contribution in [0.1, 0.15) is 23.0 Å². The first-order chi connectivity index (χ1) is 19.3. The van der Waals surface area contributed by atoms with Gasteiger partial charge < -0.3 is 23.7 Å². The van der Waals surface area contributed by atoms with Gasteiger partial charge in [0.25, 0.3) is 0 Å². The van der Waals surface area contributed by atoms with Gasteiger partial charge in [-0.25, -0.2) is 0 Å². The first kappa shape index (κ1) is 26.3. The summed E-state index contributed by atoms with van der Waals surface area (Å²) in [6, 6.07) is 40.7. The summed E-state index contributed by atoms with van der Waals surface area (Å²) in [7, 11) is 0. The molecule has 0 aliphatic carbocycles. The number of hydrogen-bond donors (Lipinski definition) is 0. The van der Waals surface area contributed by atoms with Crippen molar-refractivity contribution in [3.8, 4) is 0 Å². The fourth-order valence-corrected chi connectivity index (χ4v) is 6.10. The van der Waals surface area contributed by atoms with E-state index >= 15 is 0 Å². The van der Waals surface area contributed by atoms with Gasteiger partial charge in [0.1, 0.15) is 29.9 Å². The van der Waals surface area contributed by atoms with Crippen molar-refractivity contribution in [3.05, 3.63) is 138 Å². The Morgan fingerprint density at radius 2 is 1.15 bits per heavy atom. The predicted octanol–water partition coefficient (Wildman–Crippen LogP) is 6.79. The van der Waals surface area contributed by atoms with Crippen molar-refractivity contribution in [2.24, 2.45) is 0 Å². The summed E-state index contributed by atoms with van der Waals surface area (Å²) in [5.74, 6) is 0. The minimum atomic E-state index is -0.494. The molecule has 0 bridgehead atoms. The maximum Gasteiger partial charge on any atom is 0.184 e. The fourth-order valence-electron chi connectivity index (χ4n) is 4.95. The summed E-state index contributed by atoms with van der Waals surface area (Å²) in [6.45, 7) is 1.30. The van der Waals surface area contributed by atoms with Crippen LogP contribution in [0.2, 0.25) is 0 Å². The molecule has 2 heterocycles. The second-order valence-corrected chi connectivity index (χ2v) is 10.8. The van der Waals surface area contributed by atoms with Crippen molar-refractivity contribution < 1.29 is 23.7 Å². The molecule has 5 nitrogen and oxygen atoms in total. The molecule has 6 rings (SSSR count). The second kappa shape index (κ2) is 12.9. The second-order valence-electron chi connectivity index (χ2n) is 9.67. The van der Waals surface area contributed by atoms with Gasteiger partial charge in [-0.15, -0.1) is 0 Å². The number of thioether (sulfide) groups is 1. The molecule has 39 heavy (non-hydrogen) atoms. The molecule has 6 heteroatoms. The highest BCUT2D eigenvalue weighted by Crippen LogP contribution is 2.41. The van der Waals surface area contributed by atoms with Crippen LogP contribution in [0, 0.1) is 0 Å². The lowest BCUT2D eigenvalue weighted by atomic mass is 9.98. The predicted molar refractivity (Wildman–Crippen MR) is 151 cm³/mol. The Kier molecular flexibility index (Phi) is 8.70. The maximum absolute atomic E-state index is 6.69. The summed E-state index contributed by atoms with van der Waals surface area (Å²) in [4.78, 5) is 1.11. The molecule has 0 amide bonds. The lowest BCUT2D eigenvalue weighted by Crippen LogP contribution is -2.62. The molecule has 0 N–H and O–H groups in total. The number of ether oxygens (including phenoxy) is 5. The third-order valence-corrected chi connectivity index (χ3v) is 8.08. The molecule has 2 fully saturated rings. The minimum Gasteiger partial charge on any atom is -0.368 e. The van der Waals surface area contributed by atoms with E-state index in [0.717, 1.165) is 21.6 Å². The maximum atomic E-state index is 6.69. The normalized spacial score (nSPS) is 26.6. The minimum absolute atomic E-state index is 0.288. The largest absolute Gasteiger partial charge is 0.368 e. The van der Waals surface area contributed by atoms with Crippen molar-refractivity contribution in [1.82, 2.24) is 0 Å². The van der Waals surface area contributed by atoms with Gasteiger partial charge in [0.05, 0.1) is 19.8 Å². The molecule has 0 radical (unpaired) electrons. The molecule has 3 unspecified atom stereocenters. The first-order valence-electron chi connectivity index (χ1n) is 13.3. The van der Waals surface area contributed by atoms with Crippen LogP contribution in [0.4, 0.5) is 0 Å². The lowest BCUT2D eigenvalue weighted by molar-refractivity contribution is -0.329. The summed E-state index contributed by atoms with van der Waals surface area (Å²) < 4.78 is 32.8. The molecule has 4 aromatic carbocycles. The monoisotopic (exact) mass is 540 g/mol. The summed E-state index contributed by atoms with van der Waals surface area (Å²) in [6.07, 6.45) is -1.89. The van der Waals surface area contributed by atoms with Crippen LogP contribution in [0.5, 0.6) is 0 Å². The lowest BCUT2D eigenvalue weighted by Gasteiger charge is -2.49. The van der Waals surface area contributed by atoms with E-state index < -0.39 is 6.29 Å². The van der Waals surface area contributed by atoms with Gasteiger partial charge in [-0.2, -0.15) is 0 Å². The zero-order chi connectivity index (χ0) is 26.3. The van der Waals surface area contributed by atoms with Crippen LogP contribution >= 0.6 is 11.8 Å². The van der Waals surface area contributed by atoms with E-state index in [1.54, 1.807) is 11.8 Å². The molecule has 2 saturated heterocycles. The van der Waals surface area contributed by atoms with Gasteiger partial charge in [-0.05, 0) is 23.3 Å². The summed E-state index contributed by atoms with van der Waals surface area (Å²) >= 11 is 1.65. The Bertz CT molecular complexity index is 1270. The Labute approximate surface area is 234 Å². The van der Waals surface area contributed by atoms with E-state index in [1.165, 1.54) is 0 Å². The molecular formula is C33H32O5S. The molecule has 200 valence electrons. The van der Waals surface area contributed by atoms with Crippen LogP contribution < -0.4 is 0 Å². The molecular weight excluding hydrogens is 508 g/mol. The fraction of sp³-hybridized carbons (Fsp3) is 0.273. The standard InChI is InChI=1S/C33H32O5S/c1-5-13-24(14-6-1)21-34-30-29-28(23-36-32(38-29)26-17-9-3-10-18-26)37-33(39-27-19-11-4-12-20-27)31(30)35-22-25-15-7-2-8-16-25/h1-20,28-33H,21-23H2/t28?,29-,30+,31?,32?,33-/m0/s1. The zero-order valence-corrected chi connectivity index (χ0v) is 22.4. The average Bonchev–Trinajstić information content (AvgIpc) is 3.01. The summed E-state index contributed by atoms with van der Waals surface area (Å²) in [5.41, 5.74) is 2.86. The van der Waals surface area contributed by atoms with E-state index in [2.05, 4.69) is 36.4 Å². The highest BCUT2D eigenvalue weighted by Gasteiger charge is 2.51. The topological polar surface area (TPSA) is 46.2 Å². The van der Waals surface area contributed by atoms with Crippen LogP contribution in [-0.4, -0.2) is 36.5 Å². The van der Waals surface area contributed by atoms with Crippen LogP contribution in [-0.2, 0) is 36.9 Å². The van der Waals surface area contributed by atoms with Crippen LogP contribution in [0.15, 0.2) is 126 Å². The Morgan fingerprint density at radius 3 is 1.77 bits per heavy atom. The number of hydrogen-bond acceptors (Lipinski definition) is 6. The van der Waals surface area contributed by atoms with Crippen molar-refractivity contribution >= 4 is 11.8 Å². The zero-order valence-electron chi connectivity index (χ0n) is 21.6. The van der Waals surface area contributed by atoms with E-state index in [4.69, 9.17) is 23.7 Å². The Morgan fingerprint density at radius 1 is 0.615 bits per heavy atom. The molecule has 4 aromatic rings. The number of benzene rings is 4. The van der Waals surface area contributed by atoms with Gasteiger partial charge in [0, 0.05) is 10.5 Å². The van der Waals surface area contributed by atoms with Gasteiger partial charge in [-0.1, -0.05) is 121 Å². The quantitative estimate of drug-likeness (QED) is 0.233. The summed E-state index contributed by atoms with van der Waals surface area (Å²) in [5, 5.41) is 0. The molecule has 0 aromatic heterocycles. The average molecular weight is 541 g/mol. The van der Waals surface area contributed by atoms with Crippen molar-refractivity contribution in [3.63, 3.8) is 0 Å². The Balaban J connectivity index is 1.30. The van der Waals surface area contributed by atoms with E-state index in [0.29, 0.717) is 19.8 Å². The van der Waals surface area contributed by atoms with Crippen molar-refractivity contribution in [2.75, 3.05) is 6.61 Å². The smallest absolute Gasteiger partial charge is 0.184 e. The van der Waals surface area contributed by atoms with E-state index in [1.807, 2.05) is 84.9 Å². The van der Waals surface area contributed by atoms with Crippen molar-refractivity contribution in [2.45, 2.75) is 54.3 Å². The number of fused-ring (bicyclic) bond motifs is 1. The molecule has 6 atom stereocenters. The molecule has 2 aliphatic heterocycles. The van der Waals surface area contributed by atoms with Gasteiger partial charge >= 0.3 is 0 Å². The SMILES string of the molecule is c1ccc(COC2[C@H](Sc3ccccc3)OC3COC(c4ccccc4)O[C@@H]3[C@H]2OCc2ccccc2)cc1. The van der Waals surface area contributed by atoms with E-state index in [9.17, 15) is 0 Å². The van der Waals surface area contributed by atoms with Gasteiger partial charge in [-0.3, -0.25) is 0 Å². The van der Waals surface area contributed by atoms with Gasteiger partial charge in [0.15, 0.2) is 6.29 Å². The van der Waals surface area contributed by atoms with Crippen LogP contribution in [0.3, 0.4) is 0 Å². The molecule has 0 saturated carbocycles. The first-order valence-corrected chi connectivity index (χ1v) is 14.2.